The van der Waals surface area contributed by atoms with Crippen molar-refractivity contribution in [1.82, 2.24) is 19.6 Å². The smallest absolute Gasteiger partial charge is 0.244 e. The molecule has 0 aromatic carbocycles. The monoisotopic (exact) mass is 321 g/mol. The van der Waals surface area contributed by atoms with Crippen molar-refractivity contribution in [2.24, 2.45) is 5.41 Å². The van der Waals surface area contributed by atoms with Crippen molar-refractivity contribution < 1.29 is 9.59 Å². The van der Waals surface area contributed by atoms with E-state index in [-0.39, 0.29) is 23.8 Å². The van der Waals surface area contributed by atoms with E-state index in [9.17, 15) is 9.59 Å². The lowest BCUT2D eigenvalue weighted by Gasteiger charge is -2.32. The van der Waals surface area contributed by atoms with Crippen LogP contribution in [0, 0.1) is 5.41 Å². The highest BCUT2D eigenvalue weighted by Gasteiger charge is 2.20. The number of carbonyl (C=O) groups excluding carboxylic acids is 2. The van der Waals surface area contributed by atoms with Gasteiger partial charge in [-0.15, -0.1) is 0 Å². The maximum atomic E-state index is 12.3. The van der Waals surface area contributed by atoms with Gasteiger partial charge in [0.15, 0.2) is 0 Å². The lowest BCUT2D eigenvalue weighted by atomic mass is 9.92. The summed E-state index contributed by atoms with van der Waals surface area (Å²) in [6.45, 7) is 9.58. The van der Waals surface area contributed by atoms with Crippen molar-refractivity contribution in [3.63, 3.8) is 0 Å². The predicted octanol–water partition coefficient (Wildman–Crippen LogP) is 1.03. The molecular formula is C16H27N5O2. The van der Waals surface area contributed by atoms with Gasteiger partial charge in [-0.25, -0.2) is 0 Å². The average molecular weight is 321 g/mol. The van der Waals surface area contributed by atoms with Crippen molar-refractivity contribution in [2.45, 2.75) is 33.7 Å². The van der Waals surface area contributed by atoms with Gasteiger partial charge in [0, 0.05) is 38.8 Å². The number of piperazine rings is 1. The molecule has 0 saturated carbocycles. The quantitative estimate of drug-likeness (QED) is 0.899. The van der Waals surface area contributed by atoms with Crippen molar-refractivity contribution in [3.8, 4) is 0 Å². The Bertz CT molecular complexity index is 553. The number of rotatable bonds is 4. The van der Waals surface area contributed by atoms with E-state index < -0.39 is 0 Å². The zero-order valence-corrected chi connectivity index (χ0v) is 14.5. The number of nitrogens with zero attached hydrogens (tertiary/aromatic N) is 4. The molecule has 1 aromatic rings. The standard InChI is InChI=1S/C16H27N5O2/c1-16(2,3)9-14(22)18-13-10-17-21(11-13)12-15(23)20-7-5-19(4)6-8-20/h10-11H,5-9,12H2,1-4H3,(H,18,22). The Hall–Kier alpha value is -1.89. The number of anilines is 1. The van der Waals surface area contributed by atoms with Crippen LogP contribution in [0.25, 0.3) is 0 Å². The minimum atomic E-state index is -0.0581. The molecule has 1 fully saturated rings. The molecule has 2 amide bonds. The highest BCUT2D eigenvalue weighted by atomic mass is 16.2. The van der Waals surface area contributed by atoms with E-state index in [4.69, 9.17) is 0 Å². The van der Waals surface area contributed by atoms with Crippen molar-refractivity contribution in [3.05, 3.63) is 12.4 Å². The number of likely N-dealkylation sites (N-methyl/N-ethyl adjacent to an activating group) is 1. The maximum absolute atomic E-state index is 12.3. The summed E-state index contributed by atoms with van der Waals surface area (Å²) in [6, 6.07) is 0. The van der Waals surface area contributed by atoms with Gasteiger partial charge in [-0.05, 0) is 12.5 Å². The first-order valence-electron chi connectivity index (χ1n) is 8.01. The minimum Gasteiger partial charge on any atom is -0.339 e. The van der Waals surface area contributed by atoms with Gasteiger partial charge in [-0.2, -0.15) is 5.10 Å². The predicted molar refractivity (Wildman–Crippen MR) is 89.0 cm³/mol. The molecule has 2 heterocycles. The summed E-state index contributed by atoms with van der Waals surface area (Å²) in [5, 5.41) is 6.98. The van der Waals surface area contributed by atoms with Crippen LogP contribution in [0.3, 0.4) is 0 Å². The molecule has 2 rings (SSSR count). The number of nitrogens with one attached hydrogen (secondary N) is 1. The third kappa shape index (κ3) is 5.67. The highest BCUT2D eigenvalue weighted by molar-refractivity contribution is 5.90. The van der Waals surface area contributed by atoms with Gasteiger partial charge in [0.2, 0.25) is 11.8 Å². The van der Waals surface area contributed by atoms with Crippen LogP contribution in [-0.4, -0.2) is 64.6 Å². The molecule has 23 heavy (non-hydrogen) atoms. The van der Waals surface area contributed by atoms with Crippen molar-refractivity contribution in [1.29, 1.82) is 0 Å². The molecule has 0 unspecified atom stereocenters. The zero-order valence-electron chi connectivity index (χ0n) is 14.5. The van der Waals surface area contributed by atoms with E-state index in [0.29, 0.717) is 12.1 Å². The second-order valence-electron chi connectivity index (χ2n) is 7.40. The number of carbonyl (C=O) groups is 2. The van der Waals surface area contributed by atoms with Crippen LogP contribution < -0.4 is 5.32 Å². The van der Waals surface area contributed by atoms with Gasteiger partial charge in [0.05, 0.1) is 11.9 Å². The summed E-state index contributed by atoms with van der Waals surface area (Å²) in [6.07, 6.45) is 3.73. The van der Waals surface area contributed by atoms with E-state index in [1.54, 1.807) is 17.1 Å². The first kappa shape index (κ1) is 17.5. The second kappa shape index (κ2) is 7.12. The molecule has 0 atom stereocenters. The average Bonchev–Trinajstić information content (AvgIpc) is 2.84. The van der Waals surface area contributed by atoms with E-state index in [1.807, 2.05) is 25.7 Å². The Balaban J connectivity index is 1.84. The summed E-state index contributed by atoms with van der Waals surface area (Å²) in [7, 11) is 2.06. The fraction of sp³-hybridized carbons (Fsp3) is 0.688. The molecule has 0 aliphatic carbocycles. The minimum absolute atomic E-state index is 0.0394. The van der Waals surface area contributed by atoms with E-state index in [2.05, 4.69) is 22.4 Å². The largest absolute Gasteiger partial charge is 0.339 e. The summed E-state index contributed by atoms with van der Waals surface area (Å²) in [5.74, 6) is 0.0243. The summed E-state index contributed by atoms with van der Waals surface area (Å²) in [5.41, 5.74) is 0.572. The Labute approximate surface area is 137 Å². The Morgan fingerprint density at radius 2 is 1.87 bits per heavy atom. The second-order valence-corrected chi connectivity index (χ2v) is 7.40. The summed E-state index contributed by atoms with van der Waals surface area (Å²) >= 11 is 0. The number of hydrogen-bond donors (Lipinski definition) is 1. The van der Waals surface area contributed by atoms with Crippen LogP contribution in [0.15, 0.2) is 12.4 Å². The van der Waals surface area contributed by atoms with Crippen LogP contribution in [0.2, 0.25) is 0 Å². The molecule has 1 aliphatic rings. The molecule has 0 radical (unpaired) electrons. The summed E-state index contributed by atoms with van der Waals surface area (Å²) < 4.78 is 1.58. The Morgan fingerprint density at radius 3 is 2.48 bits per heavy atom. The molecular weight excluding hydrogens is 294 g/mol. The number of hydrogen-bond acceptors (Lipinski definition) is 4. The molecule has 1 N–H and O–H groups in total. The van der Waals surface area contributed by atoms with Gasteiger partial charge in [-0.1, -0.05) is 20.8 Å². The van der Waals surface area contributed by atoms with Crippen molar-refractivity contribution in [2.75, 3.05) is 38.5 Å². The molecule has 1 aromatic heterocycles. The van der Waals surface area contributed by atoms with Gasteiger partial charge in [0.1, 0.15) is 6.54 Å². The van der Waals surface area contributed by atoms with Gasteiger partial charge < -0.3 is 15.1 Å². The lowest BCUT2D eigenvalue weighted by molar-refractivity contribution is -0.133. The first-order chi connectivity index (χ1) is 10.7. The zero-order chi connectivity index (χ0) is 17.0. The summed E-state index contributed by atoms with van der Waals surface area (Å²) in [4.78, 5) is 28.2. The number of amides is 2. The molecule has 1 saturated heterocycles. The fourth-order valence-corrected chi connectivity index (χ4v) is 2.50. The van der Waals surface area contributed by atoms with E-state index in [0.717, 1.165) is 26.2 Å². The van der Waals surface area contributed by atoms with Gasteiger partial charge in [0.25, 0.3) is 0 Å². The third-order valence-corrected chi connectivity index (χ3v) is 3.76. The molecule has 0 bridgehead atoms. The van der Waals surface area contributed by atoms with Crippen LogP contribution in [0.4, 0.5) is 5.69 Å². The van der Waals surface area contributed by atoms with Gasteiger partial charge in [-0.3, -0.25) is 14.3 Å². The van der Waals surface area contributed by atoms with E-state index >= 15 is 0 Å². The molecule has 128 valence electrons. The van der Waals surface area contributed by atoms with E-state index in [1.165, 1.54) is 0 Å². The normalized spacial score (nSPS) is 16.4. The first-order valence-corrected chi connectivity index (χ1v) is 8.01. The van der Waals surface area contributed by atoms with Crippen LogP contribution in [0.5, 0.6) is 0 Å². The van der Waals surface area contributed by atoms with Crippen molar-refractivity contribution >= 4 is 17.5 Å². The Kier molecular flexibility index (Phi) is 5.41. The van der Waals surface area contributed by atoms with Crippen LogP contribution in [-0.2, 0) is 16.1 Å². The fourth-order valence-electron chi connectivity index (χ4n) is 2.50. The molecule has 1 aliphatic heterocycles. The molecule has 7 heteroatoms. The maximum Gasteiger partial charge on any atom is 0.244 e. The highest BCUT2D eigenvalue weighted by Crippen LogP contribution is 2.19. The third-order valence-electron chi connectivity index (χ3n) is 3.76. The number of aromatic nitrogens is 2. The van der Waals surface area contributed by atoms with Gasteiger partial charge >= 0.3 is 0 Å². The molecule has 7 nitrogen and oxygen atoms in total. The SMILES string of the molecule is CN1CCN(C(=O)Cn2cc(NC(=O)CC(C)(C)C)cn2)CC1. The topological polar surface area (TPSA) is 70.5 Å². The van der Waals surface area contributed by atoms with Crippen LogP contribution >= 0.6 is 0 Å². The molecule has 0 spiro atoms. The Morgan fingerprint density at radius 1 is 1.22 bits per heavy atom. The van der Waals surface area contributed by atoms with Crippen LogP contribution in [0.1, 0.15) is 27.2 Å². The lowest BCUT2D eigenvalue weighted by Crippen LogP contribution is -2.48.